The van der Waals surface area contributed by atoms with Crippen LogP contribution in [0.25, 0.3) is 5.69 Å². The molecule has 1 N–H and O–H groups in total. The summed E-state index contributed by atoms with van der Waals surface area (Å²) in [6.45, 7) is 0.542. The van der Waals surface area contributed by atoms with Crippen molar-refractivity contribution in [2.75, 3.05) is 5.32 Å². The van der Waals surface area contributed by atoms with Gasteiger partial charge in [-0.3, -0.25) is 4.57 Å². The third-order valence-corrected chi connectivity index (χ3v) is 8.89. The molecule has 4 bridgehead atoms. The van der Waals surface area contributed by atoms with E-state index >= 15 is 0 Å². The Morgan fingerprint density at radius 1 is 0.969 bits per heavy atom. The van der Waals surface area contributed by atoms with Gasteiger partial charge in [-0.25, -0.2) is 4.68 Å². The molecule has 0 atom stereocenters. The van der Waals surface area contributed by atoms with Crippen molar-refractivity contribution in [1.29, 1.82) is 0 Å². The molecular formula is C25H26BrClN4S. The van der Waals surface area contributed by atoms with Gasteiger partial charge in [-0.1, -0.05) is 27.5 Å². The van der Waals surface area contributed by atoms with Crippen LogP contribution in [0.3, 0.4) is 0 Å². The lowest BCUT2D eigenvalue weighted by Gasteiger charge is -2.56. The van der Waals surface area contributed by atoms with Crippen molar-refractivity contribution in [3.63, 3.8) is 0 Å². The van der Waals surface area contributed by atoms with Crippen molar-refractivity contribution in [2.24, 2.45) is 17.8 Å². The highest BCUT2D eigenvalue weighted by atomic mass is 79.9. The van der Waals surface area contributed by atoms with E-state index in [0.717, 1.165) is 49.2 Å². The fraction of sp³-hybridized carbons (Fsp3) is 0.440. The number of rotatable bonds is 5. The maximum atomic E-state index is 6.20. The number of aromatic nitrogens is 3. The smallest absolute Gasteiger partial charge is 0.204 e. The number of anilines is 1. The van der Waals surface area contributed by atoms with E-state index < -0.39 is 0 Å². The minimum atomic E-state index is 0.144. The molecule has 1 heterocycles. The molecule has 7 heteroatoms. The molecule has 0 aliphatic heterocycles. The van der Waals surface area contributed by atoms with Crippen LogP contribution in [0.1, 0.15) is 44.3 Å². The summed E-state index contributed by atoms with van der Waals surface area (Å²) in [5.74, 6) is 3.69. The van der Waals surface area contributed by atoms with Gasteiger partial charge in [-0.05, 0) is 117 Å². The van der Waals surface area contributed by atoms with Gasteiger partial charge in [0.05, 0.1) is 0 Å². The van der Waals surface area contributed by atoms with Crippen LogP contribution in [0, 0.1) is 22.5 Å². The Hall–Kier alpha value is -1.63. The molecule has 4 aliphatic rings. The third kappa shape index (κ3) is 3.64. The summed E-state index contributed by atoms with van der Waals surface area (Å²) in [7, 11) is 0. The van der Waals surface area contributed by atoms with Crippen LogP contribution in [-0.4, -0.2) is 14.3 Å². The topological polar surface area (TPSA) is 34.8 Å². The SMILES string of the molecule is S=c1n(CNc2ccc(Br)cc2)nc(C23CC4CC(CC(C4)C2)C3)n1-c1ccc(Cl)cc1. The fourth-order valence-electron chi connectivity index (χ4n) is 6.80. The lowest BCUT2D eigenvalue weighted by molar-refractivity contribution is -0.0104. The van der Waals surface area contributed by atoms with Gasteiger partial charge in [0.25, 0.3) is 0 Å². The molecule has 0 radical (unpaired) electrons. The Labute approximate surface area is 207 Å². The zero-order valence-corrected chi connectivity index (χ0v) is 21.0. The highest BCUT2D eigenvalue weighted by molar-refractivity contribution is 9.10. The van der Waals surface area contributed by atoms with Gasteiger partial charge in [0.15, 0.2) is 0 Å². The summed E-state index contributed by atoms with van der Waals surface area (Å²) in [5.41, 5.74) is 2.25. The minimum Gasteiger partial charge on any atom is -0.366 e. The van der Waals surface area contributed by atoms with E-state index in [-0.39, 0.29) is 5.41 Å². The maximum Gasteiger partial charge on any atom is 0.204 e. The summed E-state index contributed by atoms with van der Waals surface area (Å²) in [5, 5.41) is 9.42. The van der Waals surface area contributed by atoms with E-state index in [1.165, 1.54) is 38.5 Å². The van der Waals surface area contributed by atoms with E-state index in [2.05, 4.69) is 50.1 Å². The normalized spacial score (nSPS) is 28.2. The van der Waals surface area contributed by atoms with Gasteiger partial charge < -0.3 is 5.32 Å². The zero-order valence-electron chi connectivity index (χ0n) is 17.8. The van der Waals surface area contributed by atoms with E-state index in [1.807, 2.05) is 28.9 Å². The summed E-state index contributed by atoms with van der Waals surface area (Å²) in [6.07, 6.45) is 7.97. The van der Waals surface area contributed by atoms with E-state index in [1.54, 1.807) is 0 Å². The molecule has 32 heavy (non-hydrogen) atoms. The van der Waals surface area contributed by atoms with Crippen LogP contribution >= 0.6 is 39.7 Å². The average molecular weight is 530 g/mol. The predicted octanol–water partition coefficient (Wildman–Crippen LogP) is 7.36. The molecule has 4 saturated carbocycles. The van der Waals surface area contributed by atoms with Gasteiger partial charge in [-0.2, -0.15) is 5.10 Å². The Morgan fingerprint density at radius 3 is 2.16 bits per heavy atom. The second kappa shape index (κ2) is 8.00. The largest absolute Gasteiger partial charge is 0.366 e. The fourth-order valence-corrected chi connectivity index (χ4v) is 7.48. The van der Waals surface area contributed by atoms with Crippen molar-refractivity contribution in [1.82, 2.24) is 14.3 Å². The summed E-state index contributed by atoms with van der Waals surface area (Å²) in [6, 6.07) is 16.2. The molecule has 0 amide bonds. The van der Waals surface area contributed by atoms with Crippen LogP contribution in [0.4, 0.5) is 5.69 Å². The Bertz CT molecular complexity index is 1160. The highest BCUT2D eigenvalue weighted by Crippen LogP contribution is 2.60. The molecule has 4 fully saturated rings. The molecule has 3 aromatic rings. The Morgan fingerprint density at radius 2 is 1.56 bits per heavy atom. The Balaban J connectivity index is 1.41. The van der Waals surface area contributed by atoms with Crippen LogP contribution in [-0.2, 0) is 12.1 Å². The minimum absolute atomic E-state index is 0.144. The molecule has 0 spiro atoms. The van der Waals surface area contributed by atoms with Gasteiger partial charge >= 0.3 is 0 Å². The lowest BCUT2D eigenvalue weighted by atomic mass is 9.49. The first kappa shape index (κ1) is 20.9. The number of benzene rings is 2. The third-order valence-electron chi connectivity index (χ3n) is 7.71. The van der Waals surface area contributed by atoms with Crippen molar-refractivity contribution < 1.29 is 0 Å². The predicted molar refractivity (Wildman–Crippen MR) is 135 cm³/mol. The molecule has 2 aromatic carbocycles. The quantitative estimate of drug-likeness (QED) is 0.351. The molecule has 1 aromatic heterocycles. The van der Waals surface area contributed by atoms with Crippen molar-refractivity contribution in [3.8, 4) is 5.69 Å². The van der Waals surface area contributed by atoms with Crippen LogP contribution in [0.15, 0.2) is 53.0 Å². The summed E-state index contributed by atoms with van der Waals surface area (Å²) < 4.78 is 5.99. The van der Waals surface area contributed by atoms with Crippen molar-refractivity contribution in [2.45, 2.75) is 50.6 Å². The molecule has 166 valence electrons. The van der Waals surface area contributed by atoms with Crippen LogP contribution in [0.5, 0.6) is 0 Å². The van der Waals surface area contributed by atoms with E-state index in [0.29, 0.717) is 6.67 Å². The van der Waals surface area contributed by atoms with Gasteiger partial charge in [-0.15, -0.1) is 0 Å². The summed E-state index contributed by atoms with van der Waals surface area (Å²) in [4.78, 5) is 0. The second-order valence-corrected chi connectivity index (χ2v) is 11.7. The van der Waals surface area contributed by atoms with Gasteiger partial charge in [0.2, 0.25) is 4.77 Å². The van der Waals surface area contributed by atoms with E-state index in [4.69, 9.17) is 28.9 Å². The highest BCUT2D eigenvalue weighted by Gasteiger charge is 2.54. The standard InChI is InChI=1S/C25H26BrClN4S/c26-19-1-5-21(6-2-19)28-15-30-24(32)31(22-7-3-20(27)4-8-22)23(29-30)25-12-16-9-17(13-25)11-18(10-16)14-25/h1-8,16-18,28H,9-15H2. The first-order valence-corrected chi connectivity index (χ1v) is 13.0. The first-order valence-electron chi connectivity index (χ1n) is 11.4. The monoisotopic (exact) mass is 528 g/mol. The molecular weight excluding hydrogens is 504 g/mol. The number of hydrogen-bond acceptors (Lipinski definition) is 3. The average Bonchev–Trinajstić information content (AvgIpc) is 3.10. The molecule has 0 saturated heterocycles. The van der Waals surface area contributed by atoms with E-state index in [9.17, 15) is 0 Å². The van der Waals surface area contributed by atoms with Crippen molar-refractivity contribution >= 4 is 45.4 Å². The van der Waals surface area contributed by atoms with Crippen molar-refractivity contribution in [3.05, 3.63) is 68.6 Å². The zero-order chi connectivity index (χ0) is 21.9. The lowest BCUT2D eigenvalue weighted by Crippen LogP contribution is -2.49. The molecule has 0 unspecified atom stereocenters. The Kier molecular flexibility index (Phi) is 5.23. The number of halogens is 2. The molecule has 4 nitrogen and oxygen atoms in total. The number of nitrogens with zero attached hydrogens (tertiary/aromatic N) is 3. The molecule has 7 rings (SSSR count). The number of hydrogen-bond donors (Lipinski definition) is 1. The molecule has 4 aliphatic carbocycles. The van der Waals surface area contributed by atoms with Gasteiger partial charge in [0.1, 0.15) is 12.5 Å². The maximum absolute atomic E-state index is 6.20. The summed E-state index contributed by atoms with van der Waals surface area (Å²) >= 11 is 15.7. The first-order chi connectivity index (χ1) is 15.5. The number of nitrogens with one attached hydrogen (secondary N) is 1. The van der Waals surface area contributed by atoms with Crippen LogP contribution < -0.4 is 5.32 Å². The van der Waals surface area contributed by atoms with Gasteiger partial charge in [0, 0.05) is 26.3 Å². The second-order valence-electron chi connectivity index (χ2n) is 9.96. The van der Waals surface area contributed by atoms with Crippen LogP contribution in [0.2, 0.25) is 5.02 Å².